The van der Waals surface area contributed by atoms with Crippen molar-refractivity contribution in [2.24, 2.45) is 0 Å². The maximum Gasteiger partial charge on any atom is 0.133 e. The number of fused-ring (bicyclic) bond motifs is 1. The van der Waals surface area contributed by atoms with Gasteiger partial charge < -0.3 is 4.90 Å². The van der Waals surface area contributed by atoms with Crippen LogP contribution in [0.4, 0.5) is 5.69 Å². The quantitative estimate of drug-likeness (QED) is 0.853. The normalized spacial score (nSPS) is 13.2. The number of nitrogens with one attached hydrogen (secondary N) is 1. The van der Waals surface area contributed by atoms with Gasteiger partial charge in [-0.15, -0.1) is 17.0 Å². The van der Waals surface area contributed by atoms with Gasteiger partial charge >= 0.3 is 0 Å². The van der Waals surface area contributed by atoms with Crippen LogP contribution in [0.25, 0.3) is 0 Å². The summed E-state index contributed by atoms with van der Waals surface area (Å²) in [5, 5.41) is 8.15. The molecule has 1 aliphatic heterocycles. The van der Waals surface area contributed by atoms with E-state index in [1.54, 1.807) is 0 Å². The van der Waals surface area contributed by atoms with Gasteiger partial charge in [0.25, 0.3) is 0 Å². The van der Waals surface area contributed by atoms with E-state index in [1.807, 2.05) is 53.4 Å². The van der Waals surface area contributed by atoms with Crippen molar-refractivity contribution in [2.45, 2.75) is 6.54 Å². The van der Waals surface area contributed by atoms with Crippen LogP contribution in [0.5, 0.6) is 0 Å². The molecule has 1 heterocycles. The summed E-state index contributed by atoms with van der Waals surface area (Å²) in [6.45, 7) is 0.805. The molecule has 0 fully saturated rings. The number of hydrogen-bond donors (Lipinski definition) is 1. The van der Waals surface area contributed by atoms with E-state index in [9.17, 15) is 0 Å². The molecule has 0 atom stereocenters. The van der Waals surface area contributed by atoms with Crippen molar-refractivity contribution in [3.8, 4) is 0 Å². The lowest BCUT2D eigenvalue weighted by atomic mass is 10.1. The first-order chi connectivity index (χ1) is 7.86. The first-order valence-corrected chi connectivity index (χ1v) is 5.36. The number of anilines is 1. The largest absolute Gasteiger partial charge is 0.322 e. The highest BCUT2D eigenvalue weighted by Gasteiger charge is 2.24. The summed E-state index contributed by atoms with van der Waals surface area (Å²) in [4.78, 5) is 2.03. The van der Waals surface area contributed by atoms with Crippen molar-refractivity contribution in [1.82, 2.24) is 0 Å². The van der Waals surface area contributed by atoms with Crippen LogP contribution in [0, 0.1) is 5.41 Å². The van der Waals surface area contributed by atoms with Crippen molar-refractivity contribution in [3.63, 3.8) is 0 Å². The lowest BCUT2D eigenvalue weighted by Gasteiger charge is -2.17. The lowest BCUT2D eigenvalue weighted by molar-refractivity contribution is 1.05. The molecule has 1 aliphatic rings. The van der Waals surface area contributed by atoms with Crippen molar-refractivity contribution >= 4 is 28.5 Å². The van der Waals surface area contributed by atoms with Crippen LogP contribution in [-0.4, -0.2) is 5.84 Å². The standard InChI is InChI=1S/C14H12N2.BrH/c15-14-13-9-5-4-6-11(13)10-16(14)12-7-2-1-3-8-12;/h1-9,15H,10H2;1H. The average molecular weight is 289 g/mol. The number of para-hydroxylation sites is 1. The summed E-state index contributed by atoms with van der Waals surface area (Å²) in [5.41, 5.74) is 3.37. The third kappa shape index (κ3) is 1.98. The van der Waals surface area contributed by atoms with E-state index in [0.29, 0.717) is 5.84 Å². The van der Waals surface area contributed by atoms with Gasteiger partial charge in [-0.25, -0.2) is 0 Å². The van der Waals surface area contributed by atoms with Gasteiger partial charge in [0, 0.05) is 11.3 Å². The zero-order valence-corrected chi connectivity index (χ0v) is 11.0. The minimum absolute atomic E-state index is 0. The van der Waals surface area contributed by atoms with E-state index in [4.69, 9.17) is 5.41 Å². The van der Waals surface area contributed by atoms with E-state index in [2.05, 4.69) is 6.07 Å². The molecular formula is C14H13BrN2. The second-order valence-electron chi connectivity index (χ2n) is 3.93. The third-order valence-electron chi connectivity index (χ3n) is 2.94. The van der Waals surface area contributed by atoms with Crippen LogP contribution in [0.2, 0.25) is 0 Å². The minimum atomic E-state index is 0. The molecule has 0 aromatic heterocycles. The Kier molecular flexibility index (Phi) is 3.29. The van der Waals surface area contributed by atoms with E-state index < -0.39 is 0 Å². The Morgan fingerprint density at radius 3 is 2.24 bits per heavy atom. The molecule has 3 rings (SSSR count). The molecule has 17 heavy (non-hydrogen) atoms. The molecular weight excluding hydrogens is 276 g/mol. The Morgan fingerprint density at radius 1 is 0.882 bits per heavy atom. The molecule has 86 valence electrons. The average Bonchev–Trinajstić information content (AvgIpc) is 2.69. The van der Waals surface area contributed by atoms with E-state index in [0.717, 1.165) is 17.8 Å². The molecule has 2 nitrogen and oxygen atoms in total. The van der Waals surface area contributed by atoms with Crippen LogP contribution < -0.4 is 4.90 Å². The molecule has 2 aromatic rings. The van der Waals surface area contributed by atoms with E-state index >= 15 is 0 Å². The van der Waals surface area contributed by atoms with Crippen molar-refractivity contribution in [3.05, 3.63) is 65.7 Å². The van der Waals surface area contributed by atoms with Crippen molar-refractivity contribution < 1.29 is 0 Å². The summed E-state index contributed by atoms with van der Waals surface area (Å²) in [5.74, 6) is 0.599. The fraction of sp³-hybridized carbons (Fsp3) is 0.0714. The number of amidine groups is 1. The predicted octanol–water partition coefficient (Wildman–Crippen LogP) is 3.61. The molecule has 0 saturated heterocycles. The highest BCUT2D eigenvalue weighted by atomic mass is 79.9. The molecule has 0 spiro atoms. The number of halogens is 1. The van der Waals surface area contributed by atoms with E-state index in [-0.39, 0.29) is 17.0 Å². The summed E-state index contributed by atoms with van der Waals surface area (Å²) in [6, 6.07) is 18.2. The van der Waals surface area contributed by atoms with Crippen LogP contribution in [0.15, 0.2) is 54.6 Å². The molecule has 0 saturated carbocycles. The van der Waals surface area contributed by atoms with Crippen LogP contribution in [-0.2, 0) is 6.54 Å². The monoisotopic (exact) mass is 288 g/mol. The Bertz CT molecular complexity index is 537. The smallest absolute Gasteiger partial charge is 0.133 e. The van der Waals surface area contributed by atoms with E-state index in [1.165, 1.54) is 5.56 Å². The Labute approximate surface area is 111 Å². The van der Waals surface area contributed by atoms with Gasteiger partial charge in [0.2, 0.25) is 0 Å². The van der Waals surface area contributed by atoms with Gasteiger partial charge in [0.1, 0.15) is 5.84 Å². The fourth-order valence-corrected chi connectivity index (χ4v) is 2.11. The first kappa shape index (κ1) is 11.9. The van der Waals surface area contributed by atoms with Crippen LogP contribution >= 0.6 is 17.0 Å². The van der Waals surface area contributed by atoms with Crippen molar-refractivity contribution in [2.75, 3.05) is 4.90 Å². The molecule has 0 aliphatic carbocycles. The van der Waals surface area contributed by atoms with Gasteiger partial charge in [0.15, 0.2) is 0 Å². The SMILES string of the molecule is Br.N=C1c2ccccc2CN1c1ccccc1. The molecule has 0 unspecified atom stereocenters. The predicted molar refractivity (Wildman–Crippen MR) is 76.2 cm³/mol. The second kappa shape index (κ2) is 4.72. The molecule has 0 bridgehead atoms. The number of hydrogen-bond acceptors (Lipinski definition) is 1. The van der Waals surface area contributed by atoms with Crippen LogP contribution in [0.3, 0.4) is 0 Å². The summed E-state index contributed by atoms with van der Waals surface area (Å²) >= 11 is 0. The summed E-state index contributed by atoms with van der Waals surface area (Å²) in [6.07, 6.45) is 0. The van der Waals surface area contributed by atoms with Crippen molar-refractivity contribution in [1.29, 1.82) is 5.41 Å². The molecule has 0 amide bonds. The number of rotatable bonds is 1. The third-order valence-corrected chi connectivity index (χ3v) is 2.94. The Hall–Kier alpha value is -1.61. The number of nitrogens with zero attached hydrogens (tertiary/aromatic N) is 1. The van der Waals surface area contributed by atoms with Gasteiger partial charge in [-0.05, 0) is 17.7 Å². The zero-order valence-electron chi connectivity index (χ0n) is 9.26. The van der Waals surface area contributed by atoms with Gasteiger partial charge in [-0.1, -0.05) is 42.5 Å². The maximum atomic E-state index is 8.15. The molecule has 2 aromatic carbocycles. The molecule has 0 radical (unpaired) electrons. The zero-order chi connectivity index (χ0) is 11.0. The van der Waals surface area contributed by atoms with Gasteiger partial charge in [0.05, 0.1) is 6.54 Å². The van der Waals surface area contributed by atoms with Crippen LogP contribution in [0.1, 0.15) is 11.1 Å². The Morgan fingerprint density at radius 2 is 1.53 bits per heavy atom. The van der Waals surface area contributed by atoms with Gasteiger partial charge in [-0.2, -0.15) is 0 Å². The van der Waals surface area contributed by atoms with Gasteiger partial charge in [-0.3, -0.25) is 5.41 Å². The molecule has 3 heteroatoms. The minimum Gasteiger partial charge on any atom is -0.322 e. The molecule has 1 N–H and O–H groups in total. The first-order valence-electron chi connectivity index (χ1n) is 5.36. The summed E-state index contributed by atoms with van der Waals surface area (Å²) in [7, 11) is 0. The lowest BCUT2D eigenvalue weighted by Crippen LogP contribution is -2.22. The number of benzene rings is 2. The highest BCUT2D eigenvalue weighted by molar-refractivity contribution is 8.93. The topological polar surface area (TPSA) is 27.1 Å². The summed E-state index contributed by atoms with van der Waals surface area (Å²) < 4.78 is 0. The highest BCUT2D eigenvalue weighted by Crippen LogP contribution is 2.27. The second-order valence-corrected chi connectivity index (χ2v) is 3.93. The maximum absolute atomic E-state index is 8.15. The fourth-order valence-electron chi connectivity index (χ4n) is 2.11. The Balaban J connectivity index is 0.00000108.